The van der Waals surface area contributed by atoms with Gasteiger partial charge in [-0.1, -0.05) is 27.7 Å². The van der Waals surface area contributed by atoms with Crippen molar-refractivity contribution in [3.63, 3.8) is 0 Å². The molecule has 0 aromatic carbocycles. The van der Waals surface area contributed by atoms with Gasteiger partial charge in [0, 0.05) is 5.41 Å². The standard InChI is InChI=1S/C12H23OP/c1-8-6-12(8,5)10(14)7-11(3,4)9(2)13/h8,10H,6-7,14H2,1-5H3. The number of ketones is 1. The van der Waals surface area contributed by atoms with Crippen molar-refractivity contribution in [2.24, 2.45) is 16.7 Å². The third kappa shape index (κ3) is 2.19. The van der Waals surface area contributed by atoms with E-state index in [2.05, 4.69) is 36.9 Å². The molecule has 0 bridgehead atoms. The van der Waals surface area contributed by atoms with Gasteiger partial charge in [-0.25, -0.2) is 0 Å². The van der Waals surface area contributed by atoms with Crippen molar-refractivity contribution in [2.75, 3.05) is 0 Å². The topological polar surface area (TPSA) is 17.1 Å². The molecule has 1 rings (SSSR count). The van der Waals surface area contributed by atoms with E-state index in [1.54, 1.807) is 6.92 Å². The fourth-order valence-electron chi connectivity index (χ4n) is 2.04. The zero-order chi connectivity index (χ0) is 11.1. The second-order valence-electron chi connectivity index (χ2n) is 5.86. The SMILES string of the molecule is CC(=O)C(C)(C)CC(P)C1(C)CC1C. The number of hydrogen-bond acceptors (Lipinski definition) is 1. The van der Waals surface area contributed by atoms with E-state index >= 15 is 0 Å². The number of Topliss-reactive ketones (excluding diaryl/α,β-unsaturated/α-hetero) is 1. The molecule has 0 saturated heterocycles. The summed E-state index contributed by atoms with van der Waals surface area (Å²) in [6.45, 7) is 10.5. The Morgan fingerprint density at radius 3 is 2.36 bits per heavy atom. The van der Waals surface area contributed by atoms with Gasteiger partial charge in [0.05, 0.1) is 0 Å². The highest BCUT2D eigenvalue weighted by molar-refractivity contribution is 7.17. The van der Waals surface area contributed by atoms with Crippen LogP contribution >= 0.6 is 9.24 Å². The number of carbonyl (C=O) groups excluding carboxylic acids is 1. The van der Waals surface area contributed by atoms with Crippen LogP contribution in [0.1, 0.15) is 47.5 Å². The highest BCUT2D eigenvalue weighted by Crippen LogP contribution is 2.58. The minimum Gasteiger partial charge on any atom is -0.299 e. The lowest BCUT2D eigenvalue weighted by Crippen LogP contribution is -2.28. The maximum Gasteiger partial charge on any atom is 0.135 e. The molecule has 2 heteroatoms. The van der Waals surface area contributed by atoms with E-state index in [1.165, 1.54) is 6.42 Å². The molecule has 4 atom stereocenters. The van der Waals surface area contributed by atoms with Crippen LogP contribution in [0.4, 0.5) is 0 Å². The Morgan fingerprint density at radius 1 is 1.64 bits per heavy atom. The monoisotopic (exact) mass is 214 g/mol. The Bertz CT molecular complexity index is 247. The summed E-state index contributed by atoms with van der Waals surface area (Å²) >= 11 is 0. The highest BCUT2D eigenvalue weighted by atomic mass is 31.0. The average Bonchev–Trinajstić information content (AvgIpc) is 2.60. The molecule has 82 valence electrons. The summed E-state index contributed by atoms with van der Waals surface area (Å²) in [6, 6.07) is 0. The fourth-order valence-corrected chi connectivity index (χ4v) is 3.10. The van der Waals surface area contributed by atoms with E-state index < -0.39 is 0 Å². The predicted molar refractivity (Wildman–Crippen MR) is 64.5 cm³/mol. The molecule has 1 nitrogen and oxygen atoms in total. The first-order chi connectivity index (χ1) is 6.20. The van der Waals surface area contributed by atoms with Gasteiger partial charge in [0.25, 0.3) is 0 Å². The van der Waals surface area contributed by atoms with E-state index in [0.29, 0.717) is 16.9 Å². The van der Waals surface area contributed by atoms with Crippen LogP contribution in [0.5, 0.6) is 0 Å². The second kappa shape index (κ2) is 3.59. The summed E-state index contributed by atoms with van der Waals surface area (Å²) in [5, 5.41) is 0. The summed E-state index contributed by atoms with van der Waals surface area (Å²) in [5.41, 5.74) is 0.895. The molecule has 1 aliphatic rings. The Hall–Kier alpha value is 0.100. The molecule has 1 aliphatic carbocycles. The highest BCUT2D eigenvalue weighted by Gasteiger charge is 2.51. The van der Waals surface area contributed by atoms with Gasteiger partial charge in [-0.15, -0.1) is 9.24 Å². The van der Waals surface area contributed by atoms with Gasteiger partial charge in [-0.3, -0.25) is 4.79 Å². The molecule has 1 fully saturated rings. The smallest absolute Gasteiger partial charge is 0.135 e. The number of hydrogen-bond donors (Lipinski definition) is 0. The second-order valence-corrected chi connectivity index (χ2v) is 6.67. The van der Waals surface area contributed by atoms with Gasteiger partial charge in [-0.2, -0.15) is 0 Å². The van der Waals surface area contributed by atoms with E-state index in [1.807, 2.05) is 0 Å². The van der Waals surface area contributed by atoms with Crippen molar-refractivity contribution in [1.82, 2.24) is 0 Å². The quantitative estimate of drug-likeness (QED) is 0.656. The Morgan fingerprint density at radius 2 is 2.07 bits per heavy atom. The summed E-state index contributed by atoms with van der Waals surface area (Å²) in [4.78, 5) is 11.4. The van der Waals surface area contributed by atoms with Crippen molar-refractivity contribution in [3.8, 4) is 0 Å². The summed E-state index contributed by atoms with van der Waals surface area (Å²) in [6.07, 6.45) is 2.31. The molecule has 0 spiro atoms. The predicted octanol–water partition coefficient (Wildman–Crippen LogP) is 3.28. The van der Waals surface area contributed by atoms with Crippen molar-refractivity contribution in [2.45, 2.75) is 53.1 Å². The van der Waals surface area contributed by atoms with Crippen molar-refractivity contribution in [3.05, 3.63) is 0 Å². The maximum atomic E-state index is 11.4. The van der Waals surface area contributed by atoms with E-state index in [-0.39, 0.29) is 5.41 Å². The minimum atomic E-state index is -0.155. The van der Waals surface area contributed by atoms with Crippen LogP contribution in [0, 0.1) is 16.7 Å². The van der Waals surface area contributed by atoms with E-state index in [0.717, 1.165) is 12.3 Å². The molecular weight excluding hydrogens is 191 g/mol. The van der Waals surface area contributed by atoms with Crippen LogP contribution in [-0.2, 0) is 4.79 Å². The van der Waals surface area contributed by atoms with Gasteiger partial charge in [-0.05, 0) is 36.8 Å². The van der Waals surface area contributed by atoms with Crippen LogP contribution in [0.25, 0.3) is 0 Å². The molecule has 4 unspecified atom stereocenters. The Balaban J connectivity index is 2.57. The van der Waals surface area contributed by atoms with Crippen molar-refractivity contribution < 1.29 is 4.79 Å². The lowest BCUT2D eigenvalue weighted by atomic mass is 9.80. The maximum absolute atomic E-state index is 11.4. The minimum absolute atomic E-state index is 0.155. The first-order valence-corrected chi connectivity index (χ1v) is 6.13. The number of rotatable bonds is 4. The van der Waals surface area contributed by atoms with Crippen molar-refractivity contribution >= 4 is 15.0 Å². The normalized spacial score (nSPS) is 34.0. The molecule has 0 aromatic rings. The van der Waals surface area contributed by atoms with E-state index in [4.69, 9.17) is 0 Å². The molecule has 0 aliphatic heterocycles. The first kappa shape index (κ1) is 12.2. The largest absolute Gasteiger partial charge is 0.299 e. The average molecular weight is 214 g/mol. The van der Waals surface area contributed by atoms with Gasteiger partial charge in [0.1, 0.15) is 5.78 Å². The summed E-state index contributed by atoms with van der Waals surface area (Å²) in [7, 11) is 2.95. The molecule has 0 radical (unpaired) electrons. The van der Waals surface area contributed by atoms with Crippen LogP contribution in [0.15, 0.2) is 0 Å². The summed E-state index contributed by atoms with van der Waals surface area (Å²) < 4.78 is 0. The van der Waals surface area contributed by atoms with Crippen LogP contribution in [0.2, 0.25) is 0 Å². The van der Waals surface area contributed by atoms with Crippen LogP contribution < -0.4 is 0 Å². The lowest BCUT2D eigenvalue weighted by molar-refractivity contribution is -0.125. The van der Waals surface area contributed by atoms with Gasteiger partial charge in [0.15, 0.2) is 0 Å². The Kier molecular flexibility index (Phi) is 3.12. The first-order valence-electron chi connectivity index (χ1n) is 5.47. The van der Waals surface area contributed by atoms with Crippen molar-refractivity contribution in [1.29, 1.82) is 0 Å². The molecule has 14 heavy (non-hydrogen) atoms. The molecular formula is C12H23OP. The zero-order valence-corrected chi connectivity index (χ0v) is 11.2. The Labute approximate surface area is 90.2 Å². The third-order valence-corrected chi connectivity index (χ3v) is 5.24. The molecule has 1 saturated carbocycles. The van der Waals surface area contributed by atoms with Gasteiger partial charge in [0.2, 0.25) is 0 Å². The number of carbonyl (C=O) groups is 1. The van der Waals surface area contributed by atoms with Gasteiger partial charge >= 0.3 is 0 Å². The molecule has 0 heterocycles. The molecule has 0 amide bonds. The van der Waals surface area contributed by atoms with Crippen LogP contribution in [0.3, 0.4) is 0 Å². The van der Waals surface area contributed by atoms with Crippen LogP contribution in [-0.4, -0.2) is 11.4 Å². The third-order valence-electron chi connectivity index (χ3n) is 4.24. The lowest BCUT2D eigenvalue weighted by Gasteiger charge is -2.29. The molecule has 0 N–H and O–H groups in total. The zero-order valence-electron chi connectivity index (χ0n) is 10.1. The molecule has 0 aromatic heterocycles. The fraction of sp³-hybridized carbons (Fsp3) is 0.917. The van der Waals surface area contributed by atoms with E-state index in [9.17, 15) is 4.79 Å². The summed E-state index contributed by atoms with van der Waals surface area (Å²) in [5.74, 6) is 1.13. The van der Waals surface area contributed by atoms with Gasteiger partial charge < -0.3 is 0 Å².